The number of rotatable bonds is 3. The molecule has 0 unspecified atom stereocenters. The van der Waals surface area contributed by atoms with Gasteiger partial charge in [0.2, 0.25) is 0 Å². The fourth-order valence-corrected chi connectivity index (χ4v) is 8.63. The molecule has 0 amide bonds. The largest absolute Gasteiger partial charge is 0.456 e. The first-order valence-corrected chi connectivity index (χ1v) is 17.6. The lowest BCUT2D eigenvalue weighted by Crippen LogP contribution is -1.93. The van der Waals surface area contributed by atoms with Crippen molar-refractivity contribution in [2.24, 2.45) is 0 Å². The molecule has 0 N–H and O–H groups in total. The van der Waals surface area contributed by atoms with Crippen LogP contribution in [0.15, 0.2) is 186 Å². The van der Waals surface area contributed by atoms with Crippen molar-refractivity contribution in [1.29, 1.82) is 0 Å². The van der Waals surface area contributed by atoms with Crippen LogP contribution < -0.4 is 0 Å². The molecule has 0 atom stereocenters. The van der Waals surface area contributed by atoms with Crippen molar-refractivity contribution in [3.05, 3.63) is 182 Å². The smallest absolute Gasteiger partial charge is 0.135 e. The summed E-state index contributed by atoms with van der Waals surface area (Å²) in [6.45, 7) is 0. The first-order chi connectivity index (χ1) is 25.3. The summed E-state index contributed by atoms with van der Waals surface area (Å²) in [6, 6.07) is 66.4. The van der Waals surface area contributed by atoms with E-state index in [1.165, 1.54) is 87.2 Å². The van der Waals surface area contributed by atoms with Gasteiger partial charge in [-0.15, -0.1) is 0 Å². The molecule has 0 spiro atoms. The number of hydrogen-bond donors (Lipinski definition) is 0. The predicted molar refractivity (Wildman–Crippen MR) is 218 cm³/mol. The zero-order valence-electron chi connectivity index (χ0n) is 27.7. The molecule has 1 heteroatoms. The average Bonchev–Trinajstić information content (AvgIpc) is 3.57. The van der Waals surface area contributed by atoms with Gasteiger partial charge in [0.1, 0.15) is 11.2 Å². The Morgan fingerprint density at radius 1 is 0.255 bits per heavy atom. The summed E-state index contributed by atoms with van der Waals surface area (Å²) in [5.74, 6) is 0. The molecule has 11 aromatic rings. The second kappa shape index (κ2) is 10.9. The third kappa shape index (κ3) is 4.16. The van der Waals surface area contributed by atoms with Gasteiger partial charge in [0, 0.05) is 10.8 Å². The normalized spacial score (nSPS) is 11.9. The van der Waals surface area contributed by atoms with Crippen molar-refractivity contribution in [3.8, 4) is 33.4 Å². The highest BCUT2D eigenvalue weighted by molar-refractivity contribution is 6.27. The Labute approximate surface area is 294 Å². The van der Waals surface area contributed by atoms with Crippen LogP contribution in [0.4, 0.5) is 0 Å². The van der Waals surface area contributed by atoms with Crippen molar-refractivity contribution in [1.82, 2.24) is 0 Å². The molecule has 1 heterocycles. The maximum Gasteiger partial charge on any atom is 0.135 e. The molecule has 10 aromatic carbocycles. The second-order valence-corrected chi connectivity index (χ2v) is 13.5. The maximum absolute atomic E-state index is 6.18. The number of para-hydroxylation sites is 1. The molecular weight excluding hydrogens is 617 g/mol. The molecule has 0 fully saturated rings. The van der Waals surface area contributed by atoms with E-state index in [1.807, 2.05) is 12.1 Å². The Hall–Kier alpha value is -6.70. The highest BCUT2D eigenvalue weighted by atomic mass is 16.3. The summed E-state index contributed by atoms with van der Waals surface area (Å²) in [5.41, 5.74) is 9.31. The minimum absolute atomic E-state index is 0.915. The van der Waals surface area contributed by atoms with Crippen molar-refractivity contribution >= 4 is 75.8 Å². The first kappa shape index (κ1) is 28.2. The Kier molecular flexibility index (Phi) is 6.02. The van der Waals surface area contributed by atoms with Crippen LogP contribution >= 0.6 is 0 Å². The predicted octanol–water partition coefficient (Wildman–Crippen LogP) is 14.4. The minimum Gasteiger partial charge on any atom is -0.456 e. The van der Waals surface area contributed by atoms with Crippen molar-refractivity contribution < 1.29 is 4.42 Å². The molecular formula is C50H30O. The summed E-state index contributed by atoms with van der Waals surface area (Å²) in [4.78, 5) is 0. The molecule has 0 saturated carbocycles. The molecule has 0 aliphatic carbocycles. The Bertz CT molecular complexity index is 3140. The van der Waals surface area contributed by atoms with Crippen molar-refractivity contribution in [2.45, 2.75) is 0 Å². The Morgan fingerprint density at radius 3 is 1.37 bits per heavy atom. The van der Waals surface area contributed by atoms with E-state index in [9.17, 15) is 0 Å². The van der Waals surface area contributed by atoms with E-state index < -0.39 is 0 Å². The third-order valence-electron chi connectivity index (χ3n) is 10.8. The van der Waals surface area contributed by atoms with Crippen molar-refractivity contribution in [3.63, 3.8) is 0 Å². The van der Waals surface area contributed by atoms with E-state index in [4.69, 9.17) is 4.42 Å². The first-order valence-electron chi connectivity index (χ1n) is 17.6. The maximum atomic E-state index is 6.18. The third-order valence-corrected chi connectivity index (χ3v) is 10.8. The molecule has 1 aromatic heterocycles. The van der Waals surface area contributed by atoms with Gasteiger partial charge in [-0.05, 0) is 112 Å². The van der Waals surface area contributed by atoms with Crippen LogP contribution in [-0.4, -0.2) is 0 Å². The number of benzene rings is 10. The minimum atomic E-state index is 0.915. The molecule has 236 valence electrons. The van der Waals surface area contributed by atoms with Gasteiger partial charge in [0.25, 0.3) is 0 Å². The molecule has 0 aliphatic rings. The topological polar surface area (TPSA) is 13.1 Å². The van der Waals surface area contributed by atoms with E-state index in [1.54, 1.807) is 0 Å². The Balaban J connectivity index is 1.21. The fraction of sp³-hybridized carbons (Fsp3) is 0. The summed E-state index contributed by atoms with van der Waals surface area (Å²) in [6.07, 6.45) is 0. The highest BCUT2D eigenvalue weighted by Crippen LogP contribution is 2.48. The monoisotopic (exact) mass is 646 g/mol. The standard InChI is InChI=1S/C50H30O/c1-2-14-33-31(13-1)30-46(38-18-6-4-15-35(33)38)50-42-22-9-7-20-40(42)49(41-21-8-10-23-43(41)50)44-27-26-34(36-16-3-5-17-37(36)44)32-25-28-48-45(29-32)39-19-11-12-24-47(39)51-48/h1-30H. The van der Waals surface area contributed by atoms with Crippen LogP contribution in [0.1, 0.15) is 0 Å². The van der Waals surface area contributed by atoms with Gasteiger partial charge in [-0.3, -0.25) is 0 Å². The van der Waals surface area contributed by atoms with Gasteiger partial charge in [-0.2, -0.15) is 0 Å². The summed E-state index contributed by atoms with van der Waals surface area (Å²) >= 11 is 0. The van der Waals surface area contributed by atoms with E-state index >= 15 is 0 Å². The van der Waals surface area contributed by atoms with Crippen LogP contribution in [0, 0.1) is 0 Å². The fourth-order valence-electron chi connectivity index (χ4n) is 8.63. The van der Waals surface area contributed by atoms with Gasteiger partial charge in [0.15, 0.2) is 0 Å². The summed E-state index contributed by atoms with van der Waals surface area (Å²) in [7, 11) is 0. The summed E-state index contributed by atoms with van der Waals surface area (Å²) in [5, 5.41) is 14.9. The van der Waals surface area contributed by atoms with Gasteiger partial charge in [-0.25, -0.2) is 0 Å². The molecule has 51 heavy (non-hydrogen) atoms. The van der Waals surface area contributed by atoms with Crippen LogP contribution in [0.2, 0.25) is 0 Å². The van der Waals surface area contributed by atoms with Gasteiger partial charge < -0.3 is 4.42 Å². The zero-order chi connectivity index (χ0) is 33.5. The van der Waals surface area contributed by atoms with E-state index in [-0.39, 0.29) is 0 Å². The van der Waals surface area contributed by atoms with E-state index in [2.05, 4.69) is 170 Å². The molecule has 0 radical (unpaired) electrons. The lowest BCUT2D eigenvalue weighted by atomic mass is 9.82. The van der Waals surface area contributed by atoms with E-state index in [0.29, 0.717) is 0 Å². The SMILES string of the molecule is c1ccc2c(c1)cc(-c1c3ccccc3c(-c3ccc(-c4ccc5oc6ccccc6c5c4)c4ccccc34)c3ccccc13)c1ccccc12. The molecule has 0 aliphatic heterocycles. The van der Waals surface area contributed by atoms with Crippen LogP contribution in [0.5, 0.6) is 0 Å². The van der Waals surface area contributed by atoms with Gasteiger partial charge in [0.05, 0.1) is 0 Å². The van der Waals surface area contributed by atoms with Crippen LogP contribution in [0.25, 0.3) is 109 Å². The van der Waals surface area contributed by atoms with Crippen LogP contribution in [0.3, 0.4) is 0 Å². The number of hydrogen-bond acceptors (Lipinski definition) is 1. The van der Waals surface area contributed by atoms with Gasteiger partial charge >= 0.3 is 0 Å². The lowest BCUT2D eigenvalue weighted by molar-refractivity contribution is 0.669. The second-order valence-electron chi connectivity index (χ2n) is 13.5. The Morgan fingerprint density at radius 2 is 0.706 bits per heavy atom. The molecule has 11 rings (SSSR count). The average molecular weight is 647 g/mol. The number of furan rings is 1. The van der Waals surface area contributed by atoms with Crippen molar-refractivity contribution in [2.75, 3.05) is 0 Å². The molecule has 0 saturated heterocycles. The summed E-state index contributed by atoms with van der Waals surface area (Å²) < 4.78 is 6.18. The zero-order valence-corrected chi connectivity index (χ0v) is 27.7. The van der Waals surface area contributed by atoms with Gasteiger partial charge in [-0.1, -0.05) is 158 Å². The highest BCUT2D eigenvalue weighted by Gasteiger charge is 2.21. The molecule has 0 bridgehead atoms. The molecule has 1 nitrogen and oxygen atoms in total. The lowest BCUT2D eigenvalue weighted by Gasteiger charge is -2.21. The van der Waals surface area contributed by atoms with E-state index in [0.717, 1.165) is 21.9 Å². The quantitative estimate of drug-likeness (QED) is 0.138. The number of fused-ring (bicyclic) bond motifs is 9. The van der Waals surface area contributed by atoms with Crippen LogP contribution in [-0.2, 0) is 0 Å².